The molecule has 0 spiro atoms. The highest BCUT2D eigenvalue weighted by Crippen LogP contribution is 2.33. The van der Waals surface area contributed by atoms with Gasteiger partial charge in [-0.05, 0) is 93.7 Å². The molecule has 0 N–H and O–H groups in total. The van der Waals surface area contributed by atoms with Crippen LogP contribution < -0.4 is 0 Å². The molecule has 3 nitrogen and oxygen atoms in total. The molecule has 0 fully saturated rings. The maximum atomic E-state index is 5.14. The van der Waals surface area contributed by atoms with Gasteiger partial charge in [0.1, 0.15) is 0 Å². The van der Waals surface area contributed by atoms with E-state index in [1.54, 1.807) is 0 Å². The predicted octanol–water partition coefficient (Wildman–Crippen LogP) is 12.2. The highest BCUT2D eigenvalue weighted by atomic mass is 15.0. The van der Waals surface area contributed by atoms with Crippen molar-refractivity contribution in [2.24, 2.45) is 0 Å². The Labute approximate surface area is 293 Å². The number of aromatic nitrogens is 3. The van der Waals surface area contributed by atoms with Crippen LogP contribution in [0.3, 0.4) is 0 Å². The SMILES string of the molecule is Cc1cc(-c2ccc(-c3ccccc3)cc2)cc(-c2nc(-c3ccccc3)nc(-c3cc(C)cc(-c4ccc(-c5ccccc5)cc4)c3)n2)c1. The van der Waals surface area contributed by atoms with Gasteiger partial charge in [0, 0.05) is 16.7 Å². The second-order valence-electron chi connectivity index (χ2n) is 12.7. The summed E-state index contributed by atoms with van der Waals surface area (Å²) in [5.41, 5.74) is 14.5. The molecule has 1 aromatic heterocycles. The van der Waals surface area contributed by atoms with Gasteiger partial charge < -0.3 is 0 Å². The van der Waals surface area contributed by atoms with E-state index in [1.807, 2.05) is 30.3 Å². The van der Waals surface area contributed by atoms with Crippen molar-refractivity contribution >= 4 is 0 Å². The number of benzene rings is 7. The van der Waals surface area contributed by atoms with Crippen molar-refractivity contribution in [3.63, 3.8) is 0 Å². The van der Waals surface area contributed by atoms with E-state index in [2.05, 4.69) is 159 Å². The van der Waals surface area contributed by atoms with Crippen LogP contribution in [0.5, 0.6) is 0 Å². The standard InChI is InChI=1S/C47H35N3/c1-32-26-41(38-22-18-36(19-23-38)34-12-6-3-7-13-34)30-43(28-32)46-48-45(40-16-10-5-11-17-40)49-47(50-46)44-29-33(2)27-42(31-44)39-24-20-37(21-25-39)35-14-8-4-9-15-35/h3-31H,1-2H3. The van der Waals surface area contributed by atoms with E-state index < -0.39 is 0 Å². The molecule has 0 atom stereocenters. The third-order valence-electron chi connectivity index (χ3n) is 8.99. The smallest absolute Gasteiger partial charge is 0.164 e. The fourth-order valence-corrected chi connectivity index (χ4v) is 6.48. The molecule has 0 unspecified atom stereocenters. The zero-order valence-electron chi connectivity index (χ0n) is 28.1. The van der Waals surface area contributed by atoms with Crippen LogP contribution in [0, 0.1) is 13.8 Å². The highest BCUT2D eigenvalue weighted by Gasteiger charge is 2.15. The first-order valence-electron chi connectivity index (χ1n) is 16.9. The second-order valence-corrected chi connectivity index (χ2v) is 12.7. The lowest BCUT2D eigenvalue weighted by atomic mass is 9.97. The molecule has 50 heavy (non-hydrogen) atoms. The number of aryl methyl sites for hydroxylation is 2. The topological polar surface area (TPSA) is 38.7 Å². The Kier molecular flexibility index (Phi) is 8.38. The Balaban J connectivity index is 1.20. The highest BCUT2D eigenvalue weighted by molar-refractivity contribution is 5.78. The van der Waals surface area contributed by atoms with E-state index >= 15 is 0 Å². The van der Waals surface area contributed by atoms with E-state index in [1.165, 1.54) is 22.3 Å². The Hall–Kier alpha value is -6.45. The van der Waals surface area contributed by atoms with E-state index in [-0.39, 0.29) is 0 Å². The van der Waals surface area contributed by atoms with Gasteiger partial charge in [-0.1, -0.05) is 152 Å². The fourth-order valence-electron chi connectivity index (χ4n) is 6.48. The number of hydrogen-bond donors (Lipinski definition) is 0. The Morgan fingerprint density at radius 3 is 0.860 bits per heavy atom. The lowest BCUT2D eigenvalue weighted by molar-refractivity contribution is 1.07. The average molecular weight is 642 g/mol. The zero-order valence-corrected chi connectivity index (χ0v) is 28.1. The molecule has 7 aromatic carbocycles. The minimum Gasteiger partial charge on any atom is -0.208 e. The maximum Gasteiger partial charge on any atom is 0.164 e. The van der Waals surface area contributed by atoms with Gasteiger partial charge in [-0.25, -0.2) is 15.0 Å². The molecule has 8 aromatic rings. The van der Waals surface area contributed by atoms with Crippen LogP contribution in [0.4, 0.5) is 0 Å². The third-order valence-corrected chi connectivity index (χ3v) is 8.99. The van der Waals surface area contributed by atoms with Crippen LogP contribution in [0.25, 0.3) is 78.7 Å². The number of hydrogen-bond acceptors (Lipinski definition) is 3. The molecule has 0 aliphatic heterocycles. The van der Waals surface area contributed by atoms with Gasteiger partial charge >= 0.3 is 0 Å². The van der Waals surface area contributed by atoms with E-state index in [0.29, 0.717) is 17.5 Å². The monoisotopic (exact) mass is 641 g/mol. The van der Waals surface area contributed by atoms with Crippen LogP contribution in [0.2, 0.25) is 0 Å². The molecule has 0 saturated carbocycles. The van der Waals surface area contributed by atoms with Gasteiger partial charge in [-0.3, -0.25) is 0 Å². The first-order chi connectivity index (χ1) is 24.6. The fraction of sp³-hybridized carbons (Fsp3) is 0.0426. The van der Waals surface area contributed by atoms with E-state index in [4.69, 9.17) is 15.0 Å². The van der Waals surface area contributed by atoms with Crippen molar-refractivity contribution in [3.8, 4) is 78.7 Å². The molecule has 0 aliphatic rings. The van der Waals surface area contributed by atoms with Gasteiger partial charge in [-0.15, -0.1) is 0 Å². The van der Waals surface area contributed by atoms with Crippen molar-refractivity contribution in [1.82, 2.24) is 15.0 Å². The number of rotatable bonds is 7. The van der Waals surface area contributed by atoms with Crippen LogP contribution in [-0.2, 0) is 0 Å². The Morgan fingerprint density at radius 1 is 0.240 bits per heavy atom. The summed E-state index contributed by atoms with van der Waals surface area (Å²) in [6.45, 7) is 4.25. The van der Waals surface area contributed by atoms with Gasteiger partial charge in [-0.2, -0.15) is 0 Å². The lowest BCUT2D eigenvalue weighted by Crippen LogP contribution is -2.01. The summed E-state index contributed by atoms with van der Waals surface area (Å²) in [5, 5.41) is 0. The van der Waals surface area contributed by atoms with Crippen LogP contribution in [0.1, 0.15) is 11.1 Å². The molecule has 0 radical (unpaired) electrons. The van der Waals surface area contributed by atoms with Gasteiger partial charge in [0.2, 0.25) is 0 Å². The third kappa shape index (κ3) is 6.63. The molecule has 238 valence electrons. The molecule has 0 bridgehead atoms. The summed E-state index contributed by atoms with van der Waals surface area (Å²) in [5.74, 6) is 1.95. The molecular formula is C47H35N3. The summed E-state index contributed by atoms with van der Waals surface area (Å²) in [4.78, 5) is 15.2. The van der Waals surface area contributed by atoms with Crippen molar-refractivity contribution in [2.75, 3.05) is 0 Å². The lowest BCUT2D eigenvalue weighted by Gasteiger charge is -2.12. The zero-order chi connectivity index (χ0) is 33.9. The van der Waals surface area contributed by atoms with Crippen molar-refractivity contribution in [3.05, 3.63) is 187 Å². The summed E-state index contributed by atoms with van der Waals surface area (Å²) in [7, 11) is 0. The van der Waals surface area contributed by atoms with Crippen molar-refractivity contribution in [1.29, 1.82) is 0 Å². The van der Waals surface area contributed by atoms with E-state index in [0.717, 1.165) is 50.1 Å². The van der Waals surface area contributed by atoms with Gasteiger partial charge in [0.15, 0.2) is 17.5 Å². The summed E-state index contributed by atoms with van der Waals surface area (Å²) in [6, 6.07) is 61.7. The molecule has 3 heteroatoms. The summed E-state index contributed by atoms with van der Waals surface area (Å²) >= 11 is 0. The minimum absolute atomic E-state index is 0.648. The summed E-state index contributed by atoms with van der Waals surface area (Å²) < 4.78 is 0. The van der Waals surface area contributed by atoms with Gasteiger partial charge in [0.05, 0.1) is 0 Å². The second kappa shape index (κ2) is 13.6. The average Bonchev–Trinajstić information content (AvgIpc) is 3.18. The first kappa shape index (κ1) is 30.9. The molecule has 1 heterocycles. The largest absolute Gasteiger partial charge is 0.208 e. The van der Waals surface area contributed by atoms with Crippen molar-refractivity contribution < 1.29 is 0 Å². The summed E-state index contributed by atoms with van der Waals surface area (Å²) in [6.07, 6.45) is 0. The normalized spacial score (nSPS) is 11.0. The van der Waals surface area contributed by atoms with Crippen molar-refractivity contribution in [2.45, 2.75) is 13.8 Å². The maximum absolute atomic E-state index is 5.14. The van der Waals surface area contributed by atoms with Gasteiger partial charge in [0.25, 0.3) is 0 Å². The number of nitrogens with zero attached hydrogens (tertiary/aromatic N) is 3. The molecule has 8 rings (SSSR count). The molecular weight excluding hydrogens is 607 g/mol. The van der Waals surface area contributed by atoms with E-state index in [9.17, 15) is 0 Å². The van der Waals surface area contributed by atoms with Crippen LogP contribution >= 0.6 is 0 Å². The van der Waals surface area contributed by atoms with Crippen LogP contribution in [-0.4, -0.2) is 15.0 Å². The van der Waals surface area contributed by atoms with Crippen LogP contribution in [0.15, 0.2) is 176 Å². The minimum atomic E-state index is 0.648. The first-order valence-corrected chi connectivity index (χ1v) is 16.9. The molecule has 0 amide bonds. The Bertz CT molecular complexity index is 2250. The molecule has 0 aliphatic carbocycles. The quantitative estimate of drug-likeness (QED) is 0.174. The Morgan fingerprint density at radius 2 is 0.500 bits per heavy atom. The molecule has 0 saturated heterocycles. The predicted molar refractivity (Wildman–Crippen MR) is 207 cm³/mol.